The minimum Gasteiger partial charge on any atom is -0.308 e. The summed E-state index contributed by atoms with van der Waals surface area (Å²) in [6.45, 7) is 2.32. The molecule has 0 saturated carbocycles. The number of amides is 1. The molecule has 5 heteroatoms. The molecule has 1 unspecified atom stereocenters. The maximum atomic E-state index is 13.8. The lowest BCUT2D eigenvalue weighted by atomic mass is 10.1. The third-order valence-corrected chi connectivity index (χ3v) is 4.35. The molecule has 1 atom stereocenters. The smallest absolute Gasteiger partial charge is 0.227 e. The van der Waals surface area contributed by atoms with Crippen LogP contribution in [0.15, 0.2) is 12.1 Å². The summed E-state index contributed by atoms with van der Waals surface area (Å²) in [6, 6.07) is 2.97. The fourth-order valence-corrected chi connectivity index (χ4v) is 2.68. The van der Waals surface area contributed by atoms with Crippen molar-refractivity contribution in [3.8, 4) is 0 Å². The standard InChI is InChI=1S/C12H12BrClFNO/c1-7-2-3-9(15)12(11(7)14)16-6-8(5-13)4-10(16)17/h2-3,8H,4-6H2,1H3. The highest BCUT2D eigenvalue weighted by Gasteiger charge is 2.32. The Hall–Kier alpha value is -0.610. The maximum Gasteiger partial charge on any atom is 0.227 e. The average Bonchev–Trinajstić information content (AvgIpc) is 2.66. The normalized spacial score (nSPS) is 20.1. The molecule has 2 nitrogen and oxygen atoms in total. The molecule has 0 bridgehead atoms. The summed E-state index contributed by atoms with van der Waals surface area (Å²) in [7, 11) is 0. The second kappa shape index (κ2) is 4.94. The Morgan fingerprint density at radius 1 is 1.59 bits per heavy atom. The van der Waals surface area contributed by atoms with E-state index in [1.54, 1.807) is 13.0 Å². The highest BCUT2D eigenvalue weighted by molar-refractivity contribution is 9.09. The summed E-state index contributed by atoms with van der Waals surface area (Å²) >= 11 is 9.44. The number of nitrogens with zero attached hydrogens (tertiary/aromatic N) is 1. The molecule has 1 aliphatic heterocycles. The zero-order chi connectivity index (χ0) is 12.6. The van der Waals surface area contributed by atoms with Gasteiger partial charge in [0.25, 0.3) is 0 Å². The fourth-order valence-electron chi connectivity index (χ4n) is 1.99. The van der Waals surface area contributed by atoms with E-state index in [0.29, 0.717) is 18.0 Å². The predicted molar refractivity (Wildman–Crippen MR) is 70.4 cm³/mol. The first-order valence-electron chi connectivity index (χ1n) is 5.35. The zero-order valence-corrected chi connectivity index (χ0v) is 11.7. The molecule has 1 aromatic carbocycles. The molecule has 1 amide bonds. The third-order valence-electron chi connectivity index (χ3n) is 2.95. The summed E-state index contributed by atoms with van der Waals surface area (Å²) < 4.78 is 13.8. The van der Waals surface area contributed by atoms with Crippen LogP contribution in [0.1, 0.15) is 12.0 Å². The van der Waals surface area contributed by atoms with Crippen LogP contribution in [-0.4, -0.2) is 17.8 Å². The molecular formula is C12H12BrClFNO. The van der Waals surface area contributed by atoms with Crippen LogP contribution in [0, 0.1) is 18.7 Å². The van der Waals surface area contributed by atoms with Crippen molar-refractivity contribution in [2.45, 2.75) is 13.3 Å². The predicted octanol–water partition coefficient (Wildman–Crippen LogP) is 3.54. The van der Waals surface area contributed by atoms with Gasteiger partial charge in [-0.25, -0.2) is 4.39 Å². The van der Waals surface area contributed by atoms with Gasteiger partial charge in [0.1, 0.15) is 5.82 Å². The fraction of sp³-hybridized carbons (Fsp3) is 0.417. The van der Waals surface area contributed by atoms with Crippen LogP contribution in [0.2, 0.25) is 5.02 Å². The summed E-state index contributed by atoms with van der Waals surface area (Å²) in [6.07, 6.45) is 0.439. The number of benzene rings is 1. The van der Waals surface area contributed by atoms with Gasteiger partial charge >= 0.3 is 0 Å². The monoisotopic (exact) mass is 319 g/mol. The van der Waals surface area contributed by atoms with Gasteiger partial charge in [0.15, 0.2) is 0 Å². The molecule has 92 valence electrons. The van der Waals surface area contributed by atoms with Gasteiger partial charge in [0.05, 0.1) is 10.7 Å². The van der Waals surface area contributed by atoms with Crippen molar-refractivity contribution in [1.29, 1.82) is 0 Å². The largest absolute Gasteiger partial charge is 0.308 e. The van der Waals surface area contributed by atoms with E-state index in [1.807, 2.05) is 0 Å². The van der Waals surface area contributed by atoms with E-state index in [-0.39, 0.29) is 17.5 Å². The molecule has 0 N–H and O–H groups in total. The summed E-state index contributed by atoms with van der Waals surface area (Å²) in [5, 5.41) is 1.06. The lowest BCUT2D eigenvalue weighted by Gasteiger charge is -2.19. The van der Waals surface area contributed by atoms with E-state index >= 15 is 0 Å². The molecule has 0 radical (unpaired) electrons. The van der Waals surface area contributed by atoms with Crippen LogP contribution < -0.4 is 4.90 Å². The summed E-state index contributed by atoms with van der Waals surface area (Å²) in [5.41, 5.74) is 0.998. The number of hydrogen-bond acceptors (Lipinski definition) is 1. The van der Waals surface area contributed by atoms with Gasteiger partial charge < -0.3 is 4.90 Å². The van der Waals surface area contributed by atoms with E-state index < -0.39 is 5.82 Å². The van der Waals surface area contributed by atoms with Crippen LogP contribution >= 0.6 is 27.5 Å². The molecule has 1 saturated heterocycles. The summed E-state index contributed by atoms with van der Waals surface area (Å²) in [5.74, 6) is -0.288. The Bertz CT molecular complexity index is 466. The van der Waals surface area contributed by atoms with Gasteiger partial charge in [-0.3, -0.25) is 4.79 Å². The van der Waals surface area contributed by atoms with Crippen molar-refractivity contribution < 1.29 is 9.18 Å². The van der Waals surface area contributed by atoms with Crippen molar-refractivity contribution in [2.75, 3.05) is 16.8 Å². The number of alkyl halides is 1. The van der Waals surface area contributed by atoms with Crippen LogP contribution in [0.4, 0.5) is 10.1 Å². The topological polar surface area (TPSA) is 20.3 Å². The van der Waals surface area contributed by atoms with Gasteiger partial charge in [0, 0.05) is 18.3 Å². The van der Waals surface area contributed by atoms with Gasteiger partial charge in [-0.15, -0.1) is 0 Å². The minimum atomic E-state index is -0.441. The Morgan fingerprint density at radius 3 is 2.88 bits per heavy atom. The lowest BCUT2D eigenvalue weighted by molar-refractivity contribution is -0.117. The Kier molecular flexibility index (Phi) is 3.73. The van der Waals surface area contributed by atoms with Crippen LogP contribution in [-0.2, 0) is 4.79 Å². The van der Waals surface area contributed by atoms with E-state index in [1.165, 1.54) is 11.0 Å². The molecule has 0 spiro atoms. The molecule has 1 aromatic rings. The van der Waals surface area contributed by atoms with Crippen LogP contribution in [0.3, 0.4) is 0 Å². The number of aryl methyl sites for hydroxylation is 1. The average molecular weight is 321 g/mol. The van der Waals surface area contributed by atoms with Crippen molar-refractivity contribution in [1.82, 2.24) is 0 Å². The number of halogens is 3. The summed E-state index contributed by atoms with van der Waals surface area (Å²) in [4.78, 5) is 13.3. The van der Waals surface area contributed by atoms with E-state index in [0.717, 1.165) is 10.9 Å². The van der Waals surface area contributed by atoms with Crippen molar-refractivity contribution in [3.63, 3.8) is 0 Å². The Balaban J connectivity index is 2.41. The van der Waals surface area contributed by atoms with Crippen molar-refractivity contribution >= 4 is 39.1 Å². The van der Waals surface area contributed by atoms with Crippen LogP contribution in [0.5, 0.6) is 0 Å². The number of hydrogen-bond donors (Lipinski definition) is 0. The first-order chi connectivity index (χ1) is 8.04. The molecule has 0 aliphatic carbocycles. The van der Waals surface area contributed by atoms with E-state index in [9.17, 15) is 9.18 Å². The van der Waals surface area contributed by atoms with Gasteiger partial charge in [0.2, 0.25) is 5.91 Å². The first-order valence-corrected chi connectivity index (χ1v) is 6.85. The second-order valence-electron chi connectivity index (χ2n) is 4.26. The highest BCUT2D eigenvalue weighted by atomic mass is 79.9. The van der Waals surface area contributed by atoms with Gasteiger partial charge in [-0.1, -0.05) is 33.6 Å². The van der Waals surface area contributed by atoms with Crippen molar-refractivity contribution in [3.05, 3.63) is 28.5 Å². The van der Waals surface area contributed by atoms with Crippen molar-refractivity contribution in [2.24, 2.45) is 5.92 Å². The molecule has 1 aliphatic rings. The zero-order valence-electron chi connectivity index (χ0n) is 9.34. The highest BCUT2D eigenvalue weighted by Crippen LogP contribution is 2.35. The minimum absolute atomic E-state index is 0.0687. The Morgan fingerprint density at radius 2 is 2.29 bits per heavy atom. The second-order valence-corrected chi connectivity index (χ2v) is 5.28. The molecule has 2 rings (SSSR count). The molecular weight excluding hydrogens is 308 g/mol. The van der Waals surface area contributed by atoms with E-state index in [2.05, 4.69) is 15.9 Å². The number of carbonyl (C=O) groups excluding carboxylic acids is 1. The molecule has 0 aromatic heterocycles. The van der Waals surface area contributed by atoms with E-state index in [4.69, 9.17) is 11.6 Å². The third kappa shape index (κ3) is 2.33. The lowest BCUT2D eigenvalue weighted by Crippen LogP contribution is -2.26. The maximum absolute atomic E-state index is 13.8. The number of anilines is 1. The SMILES string of the molecule is Cc1ccc(F)c(N2CC(CBr)CC2=O)c1Cl. The Labute approximate surface area is 113 Å². The van der Waals surface area contributed by atoms with Crippen LogP contribution in [0.25, 0.3) is 0 Å². The van der Waals surface area contributed by atoms with Gasteiger partial charge in [-0.2, -0.15) is 0 Å². The molecule has 1 fully saturated rings. The number of rotatable bonds is 2. The van der Waals surface area contributed by atoms with Gasteiger partial charge in [-0.05, 0) is 24.5 Å². The molecule has 17 heavy (non-hydrogen) atoms. The molecule has 1 heterocycles. The first kappa shape index (κ1) is 12.8. The quantitative estimate of drug-likeness (QED) is 0.763. The number of carbonyl (C=O) groups is 1.